The quantitative estimate of drug-likeness (QED) is 0.864. The van der Waals surface area contributed by atoms with E-state index in [1.807, 2.05) is 0 Å². The van der Waals surface area contributed by atoms with E-state index in [1.54, 1.807) is 0 Å². The molecule has 0 saturated heterocycles. The highest BCUT2D eigenvalue weighted by Crippen LogP contribution is 2.36. The molecular formula is C11H12ClF3N2O2S. The molecule has 20 heavy (non-hydrogen) atoms. The molecular weight excluding hydrogens is 317 g/mol. The third-order valence-electron chi connectivity index (χ3n) is 2.85. The third kappa shape index (κ3) is 3.36. The van der Waals surface area contributed by atoms with E-state index in [0.717, 1.165) is 6.07 Å². The van der Waals surface area contributed by atoms with E-state index in [0.29, 0.717) is 17.1 Å². The van der Waals surface area contributed by atoms with Crippen LogP contribution in [0.15, 0.2) is 23.1 Å². The Morgan fingerprint density at radius 1 is 1.35 bits per heavy atom. The van der Waals surface area contributed by atoms with E-state index in [2.05, 4.69) is 0 Å². The van der Waals surface area contributed by atoms with Crippen LogP contribution in [0, 0.1) is 0 Å². The second-order valence-corrected chi connectivity index (χ2v) is 6.87. The SMILES string of the molecule is Nc1ccc(Cl)cc1S(=O)(=O)N(CC(F)(F)F)C1CC1. The molecule has 9 heteroatoms. The van der Waals surface area contributed by atoms with Crippen molar-refractivity contribution < 1.29 is 21.6 Å². The molecule has 2 N–H and O–H groups in total. The number of anilines is 1. The lowest BCUT2D eigenvalue weighted by atomic mass is 10.3. The fraction of sp³-hybridized carbons (Fsp3) is 0.455. The first-order valence-electron chi connectivity index (χ1n) is 5.75. The van der Waals surface area contributed by atoms with Crippen LogP contribution in [-0.2, 0) is 10.0 Å². The Labute approximate surface area is 119 Å². The number of halogens is 4. The zero-order valence-electron chi connectivity index (χ0n) is 10.2. The van der Waals surface area contributed by atoms with Gasteiger partial charge in [0.15, 0.2) is 0 Å². The number of benzene rings is 1. The van der Waals surface area contributed by atoms with Gasteiger partial charge in [0.1, 0.15) is 11.4 Å². The van der Waals surface area contributed by atoms with Gasteiger partial charge in [-0.05, 0) is 31.0 Å². The standard InChI is InChI=1S/C11H12ClF3N2O2S/c12-7-1-4-9(16)10(5-7)20(18,19)17(8-2-3-8)6-11(13,14)15/h1,4-5,8H,2-3,6,16H2. The highest BCUT2D eigenvalue weighted by atomic mass is 35.5. The zero-order chi connectivity index (χ0) is 15.1. The molecule has 0 unspecified atom stereocenters. The first kappa shape index (κ1) is 15.4. The number of hydrogen-bond acceptors (Lipinski definition) is 3. The highest BCUT2D eigenvalue weighted by Gasteiger charge is 2.45. The van der Waals surface area contributed by atoms with Crippen molar-refractivity contribution in [1.29, 1.82) is 0 Å². The number of nitrogen functional groups attached to an aromatic ring is 1. The van der Waals surface area contributed by atoms with Crippen molar-refractivity contribution >= 4 is 27.3 Å². The maximum atomic E-state index is 12.6. The van der Waals surface area contributed by atoms with Crippen LogP contribution in [0.2, 0.25) is 5.02 Å². The van der Waals surface area contributed by atoms with Gasteiger partial charge in [0.05, 0.1) is 5.69 Å². The molecule has 0 bridgehead atoms. The fourth-order valence-electron chi connectivity index (χ4n) is 1.81. The Morgan fingerprint density at radius 3 is 2.45 bits per heavy atom. The van der Waals surface area contributed by atoms with Crippen LogP contribution in [0.3, 0.4) is 0 Å². The van der Waals surface area contributed by atoms with Gasteiger partial charge >= 0.3 is 6.18 Å². The Hall–Kier alpha value is -0.990. The molecule has 0 heterocycles. The minimum Gasteiger partial charge on any atom is -0.398 e. The van der Waals surface area contributed by atoms with Crippen LogP contribution >= 0.6 is 11.6 Å². The van der Waals surface area contributed by atoms with Crippen LogP contribution < -0.4 is 5.73 Å². The van der Waals surface area contributed by atoms with Crippen molar-refractivity contribution in [2.45, 2.75) is 30.0 Å². The summed E-state index contributed by atoms with van der Waals surface area (Å²) >= 11 is 5.70. The summed E-state index contributed by atoms with van der Waals surface area (Å²) in [4.78, 5) is -0.388. The molecule has 112 valence electrons. The van der Waals surface area contributed by atoms with Gasteiger partial charge in [-0.1, -0.05) is 11.6 Å². The van der Waals surface area contributed by atoms with Crippen molar-refractivity contribution in [3.63, 3.8) is 0 Å². The molecule has 0 amide bonds. The maximum Gasteiger partial charge on any atom is 0.402 e. The van der Waals surface area contributed by atoms with Crippen molar-refractivity contribution in [2.75, 3.05) is 12.3 Å². The van der Waals surface area contributed by atoms with E-state index in [-0.39, 0.29) is 15.6 Å². The highest BCUT2D eigenvalue weighted by molar-refractivity contribution is 7.89. The smallest absolute Gasteiger partial charge is 0.398 e. The average Bonchev–Trinajstić information content (AvgIpc) is 3.12. The van der Waals surface area contributed by atoms with E-state index < -0.39 is 28.8 Å². The normalized spacial score (nSPS) is 16.6. The monoisotopic (exact) mass is 328 g/mol. The van der Waals surface area contributed by atoms with Gasteiger partial charge in [0.25, 0.3) is 0 Å². The molecule has 0 radical (unpaired) electrons. The van der Waals surface area contributed by atoms with Crippen molar-refractivity contribution in [1.82, 2.24) is 4.31 Å². The van der Waals surface area contributed by atoms with Crippen LogP contribution in [0.25, 0.3) is 0 Å². The topological polar surface area (TPSA) is 63.4 Å². The van der Waals surface area contributed by atoms with Gasteiger partial charge in [0.2, 0.25) is 10.0 Å². The molecule has 1 aromatic carbocycles. The van der Waals surface area contributed by atoms with E-state index >= 15 is 0 Å². The summed E-state index contributed by atoms with van der Waals surface area (Å²) in [5.41, 5.74) is 5.43. The second kappa shape index (κ2) is 5.09. The average molecular weight is 329 g/mol. The molecule has 0 spiro atoms. The molecule has 2 rings (SSSR count). The first-order chi connectivity index (χ1) is 9.11. The van der Waals surface area contributed by atoms with E-state index in [9.17, 15) is 21.6 Å². The maximum absolute atomic E-state index is 12.6. The van der Waals surface area contributed by atoms with Crippen LogP contribution in [-0.4, -0.2) is 31.5 Å². The zero-order valence-corrected chi connectivity index (χ0v) is 11.8. The number of nitrogens with two attached hydrogens (primary N) is 1. The van der Waals surface area contributed by atoms with Gasteiger partial charge < -0.3 is 5.73 Å². The lowest BCUT2D eigenvalue weighted by Gasteiger charge is -2.23. The fourth-order valence-corrected chi connectivity index (χ4v) is 3.86. The molecule has 4 nitrogen and oxygen atoms in total. The van der Waals surface area contributed by atoms with Crippen molar-refractivity contribution in [2.24, 2.45) is 0 Å². The Bertz CT molecular complexity index is 615. The molecule has 0 atom stereocenters. The molecule has 1 fully saturated rings. The summed E-state index contributed by atoms with van der Waals surface area (Å²) in [6.07, 6.45) is -3.78. The molecule has 1 saturated carbocycles. The summed E-state index contributed by atoms with van der Waals surface area (Å²) in [6.45, 7) is -1.52. The minimum atomic E-state index is -4.61. The van der Waals surface area contributed by atoms with Crippen molar-refractivity contribution in [3.8, 4) is 0 Å². The number of nitrogens with zero attached hydrogens (tertiary/aromatic N) is 1. The van der Waals surface area contributed by atoms with E-state index in [4.69, 9.17) is 17.3 Å². The Kier molecular flexibility index (Phi) is 3.92. The first-order valence-corrected chi connectivity index (χ1v) is 7.57. The summed E-state index contributed by atoms with van der Waals surface area (Å²) in [5, 5.41) is 0.0977. The summed E-state index contributed by atoms with van der Waals surface area (Å²) in [6, 6.07) is 3.08. The molecule has 1 aromatic rings. The minimum absolute atomic E-state index is 0.0977. The van der Waals surface area contributed by atoms with E-state index in [1.165, 1.54) is 12.1 Å². The van der Waals surface area contributed by atoms with Gasteiger partial charge in [-0.3, -0.25) is 0 Å². The summed E-state index contributed by atoms with van der Waals surface area (Å²) in [7, 11) is -4.32. The van der Waals surface area contributed by atoms with Gasteiger partial charge in [-0.15, -0.1) is 0 Å². The largest absolute Gasteiger partial charge is 0.402 e. The second-order valence-electron chi connectivity index (χ2n) is 4.58. The number of alkyl halides is 3. The Balaban J connectivity index is 2.43. The van der Waals surface area contributed by atoms with Crippen molar-refractivity contribution in [3.05, 3.63) is 23.2 Å². The predicted octanol–water partition coefficient (Wildman–Crippen LogP) is 2.64. The molecule has 0 aromatic heterocycles. The number of sulfonamides is 1. The number of rotatable bonds is 4. The number of hydrogen-bond donors (Lipinski definition) is 1. The lowest BCUT2D eigenvalue weighted by Crippen LogP contribution is -2.40. The van der Waals surface area contributed by atoms with Gasteiger partial charge in [-0.2, -0.15) is 17.5 Å². The van der Waals surface area contributed by atoms with Crippen LogP contribution in [0.4, 0.5) is 18.9 Å². The lowest BCUT2D eigenvalue weighted by molar-refractivity contribution is -0.137. The third-order valence-corrected chi connectivity index (χ3v) is 5.04. The predicted molar refractivity (Wildman–Crippen MR) is 68.8 cm³/mol. The van der Waals surface area contributed by atoms with Gasteiger partial charge in [-0.25, -0.2) is 8.42 Å². The molecule has 1 aliphatic rings. The summed E-state index contributed by atoms with van der Waals surface area (Å²) in [5.74, 6) is 0. The molecule has 1 aliphatic carbocycles. The summed E-state index contributed by atoms with van der Waals surface area (Å²) < 4.78 is 62.8. The Morgan fingerprint density at radius 2 is 1.95 bits per heavy atom. The molecule has 0 aliphatic heterocycles. The van der Waals surface area contributed by atoms with Gasteiger partial charge in [0, 0.05) is 11.1 Å². The van der Waals surface area contributed by atoms with Crippen LogP contribution in [0.5, 0.6) is 0 Å². The van der Waals surface area contributed by atoms with Crippen LogP contribution in [0.1, 0.15) is 12.8 Å².